The lowest BCUT2D eigenvalue weighted by molar-refractivity contribution is -0.140. The Labute approximate surface area is 228 Å². The molecule has 0 heterocycles. The van der Waals surface area contributed by atoms with Gasteiger partial charge in [-0.25, -0.2) is 12.8 Å². The first-order chi connectivity index (χ1) is 17.5. The van der Waals surface area contributed by atoms with E-state index in [0.717, 1.165) is 54.8 Å². The second-order valence-electron chi connectivity index (χ2n) is 9.24. The fraction of sp³-hybridized carbons (Fsp3) is 0.462. The highest BCUT2D eigenvalue weighted by Gasteiger charge is 2.33. The molecule has 1 N–H and O–H groups in total. The first kappa shape index (κ1) is 29.2. The predicted octanol–water partition coefficient (Wildman–Crippen LogP) is 5.15. The number of nitrogens with zero attached hydrogens (tertiary/aromatic N) is 2. The van der Waals surface area contributed by atoms with Gasteiger partial charge in [0.1, 0.15) is 18.4 Å². The topological polar surface area (TPSA) is 86.8 Å². The van der Waals surface area contributed by atoms with E-state index in [1.807, 2.05) is 0 Å². The van der Waals surface area contributed by atoms with Crippen LogP contribution in [0.3, 0.4) is 0 Å². The van der Waals surface area contributed by atoms with Crippen LogP contribution in [-0.2, 0) is 26.2 Å². The van der Waals surface area contributed by atoms with E-state index in [1.54, 1.807) is 25.1 Å². The molecule has 202 valence electrons. The Balaban J connectivity index is 1.95. The van der Waals surface area contributed by atoms with Gasteiger partial charge in [-0.05, 0) is 55.7 Å². The van der Waals surface area contributed by atoms with Crippen LogP contribution in [0.1, 0.15) is 51.0 Å². The first-order valence-electron chi connectivity index (χ1n) is 12.3. The fourth-order valence-corrected chi connectivity index (χ4v) is 5.91. The number of benzene rings is 2. The third-order valence-electron chi connectivity index (χ3n) is 6.52. The molecule has 1 aliphatic rings. The van der Waals surface area contributed by atoms with Crippen molar-refractivity contribution in [2.45, 2.75) is 64.1 Å². The zero-order valence-electron chi connectivity index (χ0n) is 20.9. The summed E-state index contributed by atoms with van der Waals surface area (Å²) < 4.78 is 39.6. The summed E-state index contributed by atoms with van der Waals surface area (Å²) in [6.07, 6.45) is 6.19. The van der Waals surface area contributed by atoms with Crippen LogP contribution in [0.2, 0.25) is 10.0 Å². The number of hydrogen-bond acceptors (Lipinski definition) is 4. The summed E-state index contributed by atoms with van der Waals surface area (Å²) in [5, 5.41) is 3.72. The lowest BCUT2D eigenvalue weighted by atomic mass is 9.95. The van der Waals surface area contributed by atoms with Crippen molar-refractivity contribution in [3.05, 3.63) is 63.9 Å². The smallest absolute Gasteiger partial charge is 0.244 e. The quantitative estimate of drug-likeness (QED) is 0.427. The van der Waals surface area contributed by atoms with Crippen molar-refractivity contribution in [1.82, 2.24) is 10.2 Å². The Hall–Kier alpha value is -2.36. The van der Waals surface area contributed by atoms with Crippen molar-refractivity contribution in [3.63, 3.8) is 0 Å². The molecule has 37 heavy (non-hydrogen) atoms. The largest absolute Gasteiger partial charge is 0.352 e. The summed E-state index contributed by atoms with van der Waals surface area (Å²) in [5.74, 6) is -1.46. The molecule has 0 saturated heterocycles. The number of carbonyl (C=O) groups is 2. The summed E-state index contributed by atoms with van der Waals surface area (Å²) in [6.45, 7) is 1.11. The van der Waals surface area contributed by atoms with E-state index in [2.05, 4.69) is 5.32 Å². The van der Waals surface area contributed by atoms with Crippen molar-refractivity contribution < 1.29 is 22.4 Å². The van der Waals surface area contributed by atoms with Crippen molar-refractivity contribution in [2.75, 3.05) is 17.1 Å². The van der Waals surface area contributed by atoms with E-state index in [-0.39, 0.29) is 24.2 Å². The monoisotopic (exact) mass is 571 g/mol. The molecule has 0 radical (unpaired) electrons. The van der Waals surface area contributed by atoms with Gasteiger partial charge >= 0.3 is 0 Å². The van der Waals surface area contributed by atoms with Crippen LogP contribution in [0.4, 0.5) is 10.1 Å². The van der Waals surface area contributed by atoms with Gasteiger partial charge in [-0.15, -0.1) is 0 Å². The van der Waals surface area contributed by atoms with Gasteiger partial charge in [-0.1, -0.05) is 55.5 Å². The normalized spacial score (nSPS) is 15.2. The molecule has 2 aromatic carbocycles. The number of rotatable bonds is 10. The maximum absolute atomic E-state index is 13.7. The molecule has 0 unspecified atom stereocenters. The third-order valence-corrected chi connectivity index (χ3v) is 8.37. The van der Waals surface area contributed by atoms with Crippen molar-refractivity contribution in [2.24, 2.45) is 0 Å². The van der Waals surface area contributed by atoms with Gasteiger partial charge in [-0.3, -0.25) is 13.9 Å². The maximum Gasteiger partial charge on any atom is 0.244 e. The zero-order chi connectivity index (χ0) is 27.2. The van der Waals surface area contributed by atoms with Crippen LogP contribution in [0.15, 0.2) is 42.5 Å². The highest BCUT2D eigenvalue weighted by molar-refractivity contribution is 7.92. The molecule has 0 aliphatic heterocycles. The second kappa shape index (κ2) is 12.9. The van der Waals surface area contributed by atoms with Crippen LogP contribution in [0, 0.1) is 5.82 Å². The number of halogens is 3. The van der Waals surface area contributed by atoms with Gasteiger partial charge in [0.2, 0.25) is 21.8 Å². The zero-order valence-corrected chi connectivity index (χ0v) is 23.3. The van der Waals surface area contributed by atoms with E-state index in [4.69, 9.17) is 23.2 Å². The average molecular weight is 573 g/mol. The van der Waals surface area contributed by atoms with Crippen molar-refractivity contribution in [1.29, 1.82) is 0 Å². The minimum absolute atomic E-state index is 0.0305. The summed E-state index contributed by atoms with van der Waals surface area (Å²) >= 11 is 12.8. The Morgan fingerprint density at radius 3 is 2.19 bits per heavy atom. The lowest BCUT2D eigenvalue weighted by Gasteiger charge is -2.34. The number of hydrogen-bond donors (Lipinski definition) is 1. The minimum atomic E-state index is -3.91. The first-order valence-corrected chi connectivity index (χ1v) is 14.9. The van der Waals surface area contributed by atoms with Crippen molar-refractivity contribution >= 4 is 50.7 Å². The molecule has 1 fully saturated rings. The van der Waals surface area contributed by atoms with E-state index in [9.17, 15) is 22.4 Å². The second-order valence-corrected chi connectivity index (χ2v) is 12.0. The summed E-state index contributed by atoms with van der Waals surface area (Å²) in [7, 11) is -3.91. The molecule has 0 aromatic heterocycles. The van der Waals surface area contributed by atoms with E-state index in [1.165, 1.54) is 17.0 Å². The summed E-state index contributed by atoms with van der Waals surface area (Å²) in [4.78, 5) is 28.5. The number of nitrogens with one attached hydrogen (secondary N) is 1. The van der Waals surface area contributed by atoms with Crippen LogP contribution >= 0.6 is 23.2 Å². The number of anilines is 1. The molecule has 1 saturated carbocycles. The number of amides is 2. The van der Waals surface area contributed by atoms with Gasteiger partial charge in [-0.2, -0.15) is 0 Å². The molecule has 11 heteroatoms. The van der Waals surface area contributed by atoms with E-state index in [0.29, 0.717) is 22.0 Å². The van der Waals surface area contributed by atoms with Crippen LogP contribution in [0.25, 0.3) is 0 Å². The molecule has 3 rings (SSSR count). The van der Waals surface area contributed by atoms with Gasteiger partial charge in [0.05, 0.1) is 11.9 Å². The van der Waals surface area contributed by atoms with Crippen LogP contribution in [-0.4, -0.2) is 50.0 Å². The van der Waals surface area contributed by atoms with Gasteiger partial charge in [0.25, 0.3) is 0 Å². The summed E-state index contributed by atoms with van der Waals surface area (Å²) in [5.41, 5.74) is 0.587. The van der Waals surface area contributed by atoms with Crippen LogP contribution in [0.5, 0.6) is 0 Å². The Morgan fingerprint density at radius 1 is 1.05 bits per heavy atom. The SMILES string of the molecule is CC[C@H](C(=O)NC1CCCCC1)N(Cc1c(Cl)cccc1Cl)C(=O)CN(c1ccc(F)cc1)S(C)(=O)=O. The van der Waals surface area contributed by atoms with Gasteiger partial charge in [0, 0.05) is 28.2 Å². The standard InChI is InChI=1S/C26H32Cl2FN3O4S/c1-3-24(26(34)30-19-8-5-4-6-9-19)31(16-21-22(27)10-7-11-23(21)28)25(33)17-32(37(2,35)36)20-14-12-18(29)13-15-20/h7,10-15,19,24H,3-6,8-9,16-17H2,1-2H3,(H,30,34)/t24-/m1/s1. The van der Waals surface area contributed by atoms with Crippen LogP contribution < -0.4 is 9.62 Å². The fourth-order valence-electron chi connectivity index (χ4n) is 4.54. The number of sulfonamides is 1. The molecule has 2 aromatic rings. The minimum Gasteiger partial charge on any atom is -0.352 e. The van der Waals surface area contributed by atoms with Gasteiger partial charge in [0.15, 0.2) is 0 Å². The Bertz CT molecular complexity index is 1180. The molecule has 7 nitrogen and oxygen atoms in total. The highest BCUT2D eigenvalue weighted by Crippen LogP contribution is 2.28. The third kappa shape index (κ3) is 7.82. The summed E-state index contributed by atoms with van der Waals surface area (Å²) in [6, 6.07) is 8.90. The molecule has 0 spiro atoms. The van der Waals surface area contributed by atoms with Crippen molar-refractivity contribution in [3.8, 4) is 0 Å². The number of carbonyl (C=O) groups excluding carboxylic acids is 2. The highest BCUT2D eigenvalue weighted by atomic mass is 35.5. The molecular formula is C26H32Cl2FN3O4S. The molecule has 1 aliphatic carbocycles. The molecular weight excluding hydrogens is 540 g/mol. The van der Waals surface area contributed by atoms with Gasteiger partial charge < -0.3 is 10.2 Å². The average Bonchev–Trinajstić information content (AvgIpc) is 2.84. The Kier molecular flexibility index (Phi) is 10.2. The lowest BCUT2D eigenvalue weighted by Crippen LogP contribution is -2.54. The molecule has 2 amide bonds. The van der Waals surface area contributed by atoms with E-state index < -0.39 is 34.3 Å². The molecule has 0 bridgehead atoms. The predicted molar refractivity (Wildman–Crippen MR) is 145 cm³/mol. The molecule has 1 atom stereocenters. The Morgan fingerprint density at radius 2 is 1.65 bits per heavy atom. The van der Waals surface area contributed by atoms with E-state index >= 15 is 0 Å². The maximum atomic E-state index is 13.7.